The van der Waals surface area contributed by atoms with Crippen LogP contribution in [0.3, 0.4) is 0 Å². The summed E-state index contributed by atoms with van der Waals surface area (Å²) in [6.45, 7) is 2.59. The molecule has 0 saturated carbocycles. The number of hydrogen-bond acceptors (Lipinski definition) is 6. The van der Waals surface area contributed by atoms with E-state index in [0.717, 1.165) is 17.0 Å². The molecule has 11 heteroatoms. The number of ether oxygens (including phenoxy) is 1. The summed E-state index contributed by atoms with van der Waals surface area (Å²) in [6.07, 6.45) is -4.64. The summed E-state index contributed by atoms with van der Waals surface area (Å²) in [5.74, 6) is 0.154. The largest absolute Gasteiger partial charge is 0.463 e. The highest BCUT2D eigenvalue weighted by molar-refractivity contribution is 5.86. The molecule has 0 atom stereocenters. The zero-order valence-electron chi connectivity index (χ0n) is 15.5. The molecule has 2 heterocycles. The number of alkyl halides is 3. The van der Waals surface area contributed by atoms with Crippen LogP contribution in [0.25, 0.3) is 0 Å². The molecule has 2 aromatic rings. The Morgan fingerprint density at radius 2 is 1.97 bits per heavy atom. The van der Waals surface area contributed by atoms with Crippen LogP contribution in [0.1, 0.15) is 21.9 Å². The smallest absolute Gasteiger partial charge is 0.416 e. The fraction of sp³-hybridized carbons (Fsp3) is 0.389. The van der Waals surface area contributed by atoms with Crippen LogP contribution < -0.4 is 9.80 Å². The van der Waals surface area contributed by atoms with Gasteiger partial charge in [-0.15, -0.1) is 0 Å². The molecule has 1 saturated heterocycles. The number of halogens is 3. The Kier molecular flexibility index (Phi) is 5.78. The van der Waals surface area contributed by atoms with Crippen LogP contribution in [0, 0.1) is 10.1 Å². The molecule has 0 aliphatic carbocycles. The maximum Gasteiger partial charge on any atom is 0.416 e. The van der Waals surface area contributed by atoms with Gasteiger partial charge in [0.2, 0.25) is 5.76 Å². The number of nitro benzene ring substituents is 1. The van der Waals surface area contributed by atoms with E-state index in [2.05, 4.69) is 4.74 Å². The van der Waals surface area contributed by atoms with Gasteiger partial charge in [-0.2, -0.15) is 13.2 Å². The van der Waals surface area contributed by atoms with E-state index in [1.54, 1.807) is 11.0 Å². The Bertz CT molecular complexity index is 904. The Morgan fingerprint density at radius 3 is 2.55 bits per heavy atom. The van der Waals surface area contributed by atoms with Gasteiger partial charge < -0.3 is 19.0 Å². The Morgan fingerprint density at radius 1 is 1.28 bits per heavy atom. The molecule has 0 amide bonds. The summed E-state index contributed by atoms with van der Waals surface area (Å²) in [4.78, 5) is 24.8. The second-order valence-electron chi connectivity index (χ2n) is 6.63. The summed E-state index contributed by atoms with van der Waals surface area (Å²) in [6, 6.07) is 5.81. The van der Waals surface area contributed by atoms with Crippen molar-refractivity contribution in [3.05, 3.63) is 57.5 Å². The molecule has 1 aliphatic heterocycles. The summed E-state index contributed by atoms with van der Waals surface area (Å²) < 4.78 is 48.6. The number of methoxy groups -OCH3 is 1. The number of nitrogens with one attached hydrogen (secondary N) is 1. The third kappa shape index (κ3) is 4.67. The molecule has 1 fully saturated rings. The number of esters is 1. The quantitative estimate of drug-likeness (QED) is 0.457. The molecular formula is C18H19F3N3O5+. The number of carbonyl (C=O) groups excluding carboxylic acids is 1. The standard InChI is InChI=1S/C18H18F3N3O5/c1-28-17(25)16-5-3-13(29-16)11-22-6-8-23(9-7-22)14-4-2-12(18(19,20)21)10-15(14)24(26)27/h2-5,10H,6-9,11H2,1H3/p+1. The third-order valence-corrected chi connectivity index (χ3v) is 4.78. The van der Waals surface area contributed by atoms with E-state index in [1.807, 2.05) is 0 Å². The van der Waals surface area contributed by atoms with Crippen molar-refractivity contribution in [2.24, 2.45) is 0 Å². The third-order valence-electron chi connectivity index (χ3n) is 4.78. The maximum absolute atomic E-state index is 12.9. The fourth-order valence-electron chi connectivity index (χ4n) is 3.28. The minimum Gasteiger partial charge on any atom is -0.463 e. The first-order valence-electron chi connectivity index (χ1n) is 8.80. The van der Waals surface area contributed by atoms with Gasteiger partial charge in [0.05, 0.1) is 43.8 Å². The van der Waals surface area contributed by atoms with Crippen LogP contribution in [0.5, 0.6) is 0 Å². The molecule has 1 aromatic heterocycles. The minimum absolute atomic E-state index is 0.112. The van der Waals surface area contributed by atoms with Gasteiger partial charge >= 0.3 is 12.1 Å². The molecule has 8 nitrogen and oxygen atoms in total. The predicted octanol–water partition coefficient (Wildman–Crippen LogP) is 1.90. The summed E-state index contributed by atoms with van der Waals surface area (Å²) in [5, 5.41) is 11.3. The van der Waals surface area contributed by atoms with Crippen LogP contribution in [-0.2, 0) is 17.5 Å². The lowest BCUT2D eigenvalue weighted by molar-refractivity contribution is -0.915. The molecule has 0 bridgehead atoms. The Labute approximate surface area is 163 Å². The molecule has 1 aromatic carbocycles. The highest BCUT2D eigenvalue weighted by Gasteiger charge is 2.34. The highest BCUT2D eigenvalue weighted by Crippen LogP contribution is 2.36. The molecule has 1 N–H and O–H groups in total. The second-order valence-corrected chi connectivity index (χ2v) is 6.63. The average Bonchev–Trinajstić information content (AvgIpc) is 3.15. The van der Waals surface area contributed by atoms with Crippen LogP contribution >= 0.6 is 0 Å². The monoisotopic (exact) mass is 414 g/mol. The lowest BCUT2D eigenvalue weighted by Gasteiger charge is -2.33. The SMILES string of the molecule is COC(=O)c1ccc(C[NH+]2CCN(c3ccc(C(F)(F)F)cc3[N+](=O)[O-])CC2)o1. The predicted molar refractivity (Wildman–Crippen MR) is 94.8 cm³/mol. The van der Waals surface area contributed by atoms with Crippen molar-refractivity contribution in [2.45, 2.75) is 12.7 Å². The molecule has 29 heavy (non-hydrogen) atoms. The average molecular weight is 414 g/mol. The Balaban J connectivity index is 1.67. The van der Waals surface area contributed by atoms with Crippen molar-refractivity contribution >= 4 is 17.3 Å². The van der Waals surface area contributed by atoms with E-state index >= 15 is 0 Å². The molecule has 0 radical (unpaired) electrons. The maximum atomic E-state index is 12.9. The van der Waals surface area contributed by atoms with Crippen molar-refractivity contribution in [2.75, 3.05) is 38.2 Å². The molecule has 3 rings (SSSR count). The molecule has 0 unspecified atom stereocenters. The van der Waals surface area contributed by atoms with E-state index in [4.69, 9.17) is 4.42 Å². The number of quaternary nitrogens is 1. The zero-order valence-corrected chi connectivity index (χ0v) is 15.5. The van der Waals surface area contributed by atoms with E-state index in [1.165, 1.54) is 13.2 Å². The van der Waals surface area contributed by atoms with Crippen molar-refractivity contribution in [3.8, 4) is 0 Å². The lowest BCUT2D eigenvalue weighted by Crippen LogP contribution is -3.13. The van der Waals surface area contributed by atoms with Crippen LogP contribution in [-0.4, -0.2) is 44.2 Å². The van der Waals surface area contributed by atoms with Crippen molar-refractivity contribution in [3.63, 3.8) is 0 Å². The van der Waals surface area contributed by atoms with Gasteiger partial charge in [-0.05, 0) is 24.3 Å². The molecular weight excluding hydrogens is 395 g/mol. The van der Waals surface area contributed by atoms with Crippen molar-refractivity contribution in [1.29, 1.82) is 0 Å². The molecule has 1 aliphatic rings. The number of anilines is 1. The second kappa shape index (κ2) is 8.11. The van der Waals surface area contributed by atoms with Gasteiger partial charge in [0.25, 0.3) is 5.69 Å². The van der Waals surface area contributed by atoms with Crippen LogP contribution in [0.15, 0.2) is 34.7 Å². The van der Waals surface area contributed by atoms with Crippen molar-refractivity contribution < 1.29 is 36.9 Å². The number of piperazine rings is 1. The molecule has 0 spiro atoms. The Hall–Kier alpha value is -3.08. The van der Waals surface area contributed by atoms with E-state index in [9.17, 15) is 28.1 Å². The van der Waals surface area contributed by atoms with E-state index in [-0.39, 0.29) is 11.4 Å². The van der Waals surface area contributed by atoms with Crippen LogP contribution in [0.4, 0.5) is 24.5 Å². The van der Waals surface area contributed by atoms with Gasteiger partial charge in [0, 0.05) is 6.07 Å². The number of hydrogen-bond donors (Lipinski definition) is 1. The van der Waals surface area contributed by atoms with Gasteiger partial charge in [0.15, 0.2) is 5.76 Å². The van der Waals surface area contributed by atoms with Crippen LogP contribution in [0.2, 0.25) is 0 Å². The number of furan rings is 1. The van der Waals surface area contributed by atoms with Crippen molar-refractivity contribution in [1.82, 2.24) is 0 Å². The van der Waals surface area contributed by atoms with E-state index < -0.39 is 28.3 Å². The summed E-state index contributed by atoms with van der Waals surface area (Å²) in [7, 11) is 1.26. The fourth-order valence-corrected chi connectivity index (χ4v) is 3.28. The number of rotatable bonds is 5. The van der Waals surface area contributed by atoms with Gasteiger partial charge in [0.1, 0.15) is 12.2 Å². The molecule has 156 valence electrons. The van der Waals surface area contributed by atoms with Gasteiger partial charge in [-0.3, -0.25) is 10.1 Å². The first kappa shape index (κ1) is 20.6. The van der Waals surface area contributed by atoms with Gasteiger partial charge in [-0.25, -0.2) is 4.79 Å². The minimum atomic E-state index is -4.64. The lowest BCUT2D eigenvalue weighted by atomic mass is 10.1. The zero-order chi connectivity index (χ0) is 21.2. The number of carbonyl (C=O) groups is 1. The summed E-state index contributed by atoms with van der Waals surface area (Å²) in [5.41, 5.74) is -1.43. The first-order chi connectivity index (χ1) is 13.7. The topological polar surface area (TPSA) is 90.3 Å². The van der Waals surface area contributed by atoms with Gasteiger partial charge in [-0.1, -0.05) is 0 Å². The summed E-state index contributed by atoms with van der Waals surface area (Å²) >= 11 is 0. The number of nitrogens with zero attached hydrogens (tertiary/aromatic N) is 2. The van der Waals surface area contributed by atoms with E-state index in [0.29, 0.717) is 44.6 Å². The number of nitro groups is 1. The normalized spacial score (nSPS) is 15.4. The highest BCUT2D eigenvalue weighted by atomic mass is 19.4. The first-order valence-corrected chi connectivity index (χ1v) is 8.80. The number of benzene rings is 1.